The van der Waals surface area contributed by atoms with Crippen molar-refractivity contribution in [2.75, 3.05) is 0 Å². The Morgan fingerprint density at radius 3 is 2.05 bits per heavy atom. The van der Waals surface area contributed by atoms with E-state index >= 15 is 0 Å². The fourth-order valence-corrected chi connectivity index (χ4v) is 3.58. The van der Waals surface area contributed by atoms with E-state index in [0.29, 0.717) is 17.5 Å². The Labute approximate surface area is 119 Å². The second kappa shape index (κ2) is 4.85. The van der Waals surface area contributed by atoms with Crippen LogP contribution in [0.5, 0.6) is 0 Å². The number of aryl methyl sites for hydroxylation is 1. The summed E-state index contributed by atoms with van der Waals surface area (Å²) in [6.45, 7) is 14.8. The molecule has 102 valence electrons. The Kier molecular flexibility index (Phi) is 3.68. The van der Waals surface area contributed by atoms with Gasteiger partial charge in [0.1, 0.15) is 0 Å². The molecule has 0 spiro atoms. The van der Waals surface area contributed by atoms with Gasteiger partial charge < -0.3 is 0 Å². The van der Waals surface area contributed by atoms with Crippen molar-refractivity contribution in [2.24, 2.45) is 10.8 Å². The highest BCUT2D eigenvalue weighted by atomic mass is 14.4. The number of rotatable bonds is 2. The SMILES string of the molecule is C/C=C(/B1CC(C)(C)C(C)(C)C1)c1ccccc1C. The Bertz CT molecular complexity index is 478. The summed E-state index contributed by atoms with van der Waals surface area (Å²) in [5.74, 6) is 0. The first-order valence-corrected chi connectivity index (χ1v) is 7.51. The molecule has 1 aromatic rings. The lowest BCUT2D eigenvalue weighted by molar-refractivity contribution is 0.177. The summed E-state index contributed by atoms with van der Waals surface area (Å²) in [6.07, 6.45) is 4.94. The molecule has 1 saturated heterocycles. The van der Waals surface area contributed by atoms with Gasteiger partial charge in [0.2, 0.25) is 0 Å². The zero-order valence-electron chi connectivity index (χ0n) is 13.4. The first-order valence-electron chi connectivity index (χ1n) is 7.51. The van der Waals surface area contributed by atoms with Crippen LogP contribution in [-0.4, -0.2) is 6.71 Å². The van der Waals surface area contributed by atoms with E-state index in [2.05, 4.69) is 71.9 Å². The molecule has 0 aliphatic carbocycles. The second-order valence-corrected chi connectivity index (χ2v) is 7.43. The maximum Gasteiger partial charge on any atom is 0.177 e. The van der Waals surface area contributed by atoms with Crippen LogP contribution in [0.3, 0.4) is 0 Å². The van der Waals surface area contributed by atoms with E-state index in [-0.39, 0.29) is 0 Å². The van der Waals surface area contributed by atoms with Gasteiger partial charge in [-0.25, -0.2) is 0 Å². The molecular weight excluding hydrogens is 227 g/mol. The molecular formula is C18H27B. The van der Waals surface area contributed by atoms with Gasteiger partial charge in [0, 0.05) is 0 Å². The van der Waals surface area contributed by atoms with Crippen LogP contribution in [0.4, 0.5) is 0 Å². The van der Waals surface area contributed by atoms with Gasteiger partial charge in [-0.3, -0.25) is 0 Å². The molecule has 1 aliphatic heterocycles. The number of hydrogen-bond donors (Lipinski definition) is 0. The minimum absolute atomic E-state index is 0.425. The van der Waals surface area contributed by atoms with Crippen LogP contribution in [0.25, 0.3) is 5.47 Å². The lowest BCUT2D eigenvalue weighted by Gasteiger charge is -2.35. The summed E-state index contributed by atoms with van der Waals surface area (Å²) in [7, 11) is 0. The third-order valence-corrected chi connectivity index (χ3v) is 5.55. The van der Waals surface area contributed by atoms with E-state index in [1.165, 1.54) is 23.8 Å². The highest BCUT2D eigenvalue weighted by Gasteiger charge is 2.48. The average molecular weight is 254 g/mol. The quantitative estimate of drug-likeness (QED) is 0.611. The minimum Gasteiger partial charge on any atom is -0.0926 e. The monoisotopic (exact) mass is 254 g/mol. The zero-order valence-corrected chi connectivity index (χ0v) is 13.4. The smallest absolute Gasteiger partial charge is 0.0926 e. The molecule has 1 fully saturated rings. The third-order valence-electron chi connectivity index (χ3n) is 5.55. The van der Waals surface area contributed by atoms with E-state index in [1.807, 2.05) is 0 Å². The molecule has 0 nitrogen and oxygen atoms in total. The van der Waals surface area contributed by atoms with Crippen LogP contribution in [0.15, 0.2) is 30.3 Å². The van der Waals surface area contributed by atoms with Gasteiger partial charge in [0.05, 0.1) is 0 Å². The molecule has 0 N–H and O–H groups in total. The molecule has 1 heterocycles. The van der Waals surface area contributed by atoms with Crippen molar-refractivity contribution in [1.82, 2.24) is 0 Å². The van der Waals surface area contributed by atoms with E-state index < -0.39 is 0 Å². The van der Waals surface area contributed by atoms with Gasteiger partial charge in [-0.15, -0.1) is 0 Å². The van der Waals surface area contributed by atoms with Crippen molar-refractivity contribution in [1.29, 1.82) is 0 Å². The molecule has 0 radical (unpaired) electrons. The largest absolute Gasteiger partial charge is 0.177 e. The average Bonchev–Trinajstić information content (AvgIpc) is 2.51. The van der Waals surface area contributed by atoms with Gasteiger partial charge in [0.25, 0.3) is 0 Å². The fraction of sp³-hybridized carbons (Fsp3) is 0.556. The molecule has 1 aliphatic rings. The normalized spacial score (nSPS) is 21.8. The molecule has 1 heteroatoms. The van der Waals surface area contributed by atoms with E-state index in [4.69, 9.17) is 0 Å². The van der Waals surface area contributed by atoms with Crippen molar-refractivity contribution in [3.05, 3.63) is 41.5 Å². The van der Waals surface area contributed by atoms with Gasteiger partial charge >= 0.3 is 0 Å². The lowest BCUT2D eigenvalue weighted by Crippen LogP contribution is -2.24. The first-order chi connectivity index (χ1) is 8.78. The van der Waals surface area contributed by atoms with Crippen LogP contribution in [-0.2, 0) is 0 Å². The molecule has 0 unspecified atom stereocenters. The predicted octanol–water partition coefficient (Wildman–Crippen LogP) is 5.50. The highest BCUT2D eigenvalue weighted by molar-refractivity contribution is 6.80. The lowest BCUT2D eigenvalue weighted by atomic mass is 9.40. The summed E-state index contributed by atoms with van der Waals surface area (Å²) in [4.78, 5) is 0. The molecule has 19 heavy (non-hydrogen) atoms. The van der Waals surface area contributed by atoms with Crippen molar-refractivity contribution in [2.45, 2.75) is 54.2 Å². The maximum atomic E-state index is 2.43. The first kappa shape index (κ1) is 14.4. The van der Waals surface area contributed by atoms with E-state index in [0.717, 1.165) is 0 Å². The molecule has 0 bridgehead atoms. The van der Waals surface area contributed by atoms with Gasteiger partial charge in [-0.2, -0.15) is 0 Å². The molecule has 0 atom stereocenters. The maximum absolute atomic E-state index is 2.43. The molecule has 0 saturated carbocycles. The third kappa shape index (κ3) is 2.52. The fourth-order valence-electron chi connectivity index (χ4n) is 3.58. The van der Waals surface area contributed by atoms with Crippen molar-refractivity contribution >= 4 is 12.2 Å². The summed E-state index contributed by atoms with van der Waals surface area (Å²) < 4.78 is 0. The van der Waals surface area contributed by atoms with Crippen LogP contribution in [0, 0.1) is 17.8 Å². The minimum atomic E-state index is 0.425. The summed E-state index contributed by atoms with van der Waals surface area (Å²) in [5, 5.41) is 0. The molecule has 2 rings (SSSR count). The zero-order chi connectivity index (χ0) is 14.3. The van der Waals surface area contributed by atoms with Crippen LogP contribution >= 0.6 is 0 Å². The predicted molar refractivity (Wildman–Crippen MR) is 87.8 cm³/mol. The van der Waals surface area contributed by atoms with Crippen molar-refractivity contribution in [3.63, 3.8) is 0 Å². The summed E-state index contributed by atoms with van der Waals surface area (Å²) in [5.41, 5.74) is 5.25. The molecule has 1 aromatic carbocycles. The topological polar surface area (TPSA) is 0 Å². The Balaban J connectivity index is 2.35. The van der Waals surface area contributed by atoms with Crippen LogP contribution < -0.4 is 0 Å². The second-order valence-electron chi connectivity index (χ2n) is 7.43. The molecule has 0 amide bonds. The van der Waals surface area contributed by atoms with Crippen molar-refractivity contribution in [3.8, 4) is 0 Å². The summed E-state index contributed by atoms with van der Waals surface area (Å²) >= 11 is 0. The van der Waals surface area contributed by atoms with Gasteiger partial charge in [0.15, 0.2) is 6.71 Å². The molecule has 0 aromatic heterocycles. The Hall–Kier alpha value is -0.975. The number of benzene rings is 1. The standard InChI is InChI=1S/C18H27B/c1-7-16(15-11-9-8-10-14(15)2)19-12-17(3,4)18(5,6)13-19/h7-11H,12-13H2,1-6H3/b16-7+. The van der Waals surface area contributed by atoms with Crippen molar-refractivity contribution < 1.29 is 0 Å². The Morgan fingerprint density at radius 1 is 1.05 bits per heavy atom. The van der Waals surface area contributed by atoms with E-state index in [1.54, 1.807) is 5.47 Å². The number of allylic oxidation sites excluding steroid dienone is 1. The van der Waals surface area contributed by atoms with Gasteiger partial charge in [-0.1, -0.05) is 76.1 Å². The van der Waals surface area contributed by atoms with Crippen LogP contribution in [0.2, 0.25) is 12.6 Å². The highest BCUT2D eigenvalue weighted by Crippen LogP contribution is 2.55. The van der Waals surface area contributed by atoms with E-state index in [9.17, 15) is 0 Å². The number of hydrogen-bond acceptors (Lipinski definition) is 0. The van der Waals surface area contributed by atoms with Crippen LogP contribution in [0.1, 0.15) is 45.7 Å². The Morgan fingerprint density at radius 2 is 1.58 bits per heavy atom. The van der Waals surface area contributed by atoms with Gasteiger partial charge in [-0.05, 0) is 35.8 Å². The summed E-state index contributed by atoms with van der Waals surface area (Å²) in [6, 6.07) is 8.80.